The monoisotopic (exact) mass is 261 g/mol. The first-order valence-corrected chi connectivity index (χ1v) is 7.21. The SMILES string of the molecule is CCCC(c1ccccc1)N(CC(=O)O)CC1CC1. The highest BCUT2D eigenvalue weighted by molar-refractivity contribution is 5.69. The summed E-state index contributed by atoms with van der Waals surface area (Å²) >= 11 is 0. The summed E-state index contributed by atoms with van der Waals surface area (Å²) in [6.07, 6.45) is 4.60. The largest absolute Gasteiger partial charge is 0.480 e. The Morgan fingerprint density at radius 1 is 1.37 bits per heavy atom. The molecular weight excluding hydrogens is 238 g/mol. The van der Waals surface area contributed by atoms with E-state index in [1.165, 1.54) is 18.4 Å². The van der Waals surface area contributed by atoms with Gasteiger partial charge in [-0.15, -0.1) is 0 Å². The lowest BCUT2D eigenvalue weighted by molar-refractivity contribution is -0.139. The molecule has 0 aliphatic heterocycles. The standard InChI is InChI=1S/C16H23NO2/c1-2-6-15(14-7-4-3-5-8-14)17(12-16(18)19)11-13-9-10-13/h3-5,7-8,13,15H,2,6,9-12H2,1H3,(H,18,19). The second kappa shape index (κ2) is 6.71. The maximum absolute atomic E-state index is 11.1. The third-order valence-electron chi connectivity index (χ3n) is 3.72. The zero-order valence-electron chi connectivity index (χ0n) is 11.6. The summed E-state index contributed by atoms with van der Waals surface area (Å²) in [7, 11) is 0. The Hall–Kier alpha value is -1.35. The second-order valence-electron chi connectivity index (χ2n) is 5.48. The summed E-state index contributed by atoms with van der Waals surface area (Å²) < 4.78 is 0. The van der Waals surface area contributed by atoms with Crippen molar-refractivity contribution in [1.82, 2.24) is 4.90 Å². The van der Waals surface area contributed by atoms with E-state index in [0.29, 0.717) is 5.92 Å². The Balaban J connectivity index is 2.14. The zero-order valence-corrected chi connectivity index (χ0v) is 11.6. The topological polar surface area (TPSA) is 40.5 Å². The fourth-order valence-electron chi connectivity index (χ4n) is 2.62. The molecule has 0 amide bonds. The highest BCUT2D eigenvalue weighted by atomic mass is 16.4. The van der Waals surface area contributed by atoms with Gasteiger partial charge in [0.15, 0.2) is 0 Å². The molecule has 0 bridgehead atoms. The fourth-order valence-corrected chi connectivity index (χ4v) is 2.62. The van der Waals surface area contributed by atoms with Crippen molar-refractivity contribution in [3.05, 3.63) is 35.9 Å². The molecule has 0 radical (unpaired) electrons. The van der Waals surface area contributed by atoms with Gasteiger partial charge in [-0.25, -0.2) is 0 Å². The van der Waals surface area contributed by atoms with Crippen molar-refractivity contribution in [3.8, 4) is 0 Å². The molecule has 1 aliphatic rings. The number of aliphatic carboxylic acids is 1. The minimum atomic E-state index is -0.724. The van der Waals surface area contributed by atoms with Crippen molar-refractivity contribution < 1.29 is 9.90 Å². The Labute approximate surface area is 115 Å². The summed E-state index contributed by atoms with van der Waals surface area (Å²) in [4.78, 5) is 13.3. The van der Waals surface area contributed by atoms with Gasteiger partial charge in [0.05, 0.1) is 6.54 Å². The van der Waals surface area contributed by atoms with Gasteiger partial charge < -0.3 is 5.11 Å². The van der Waals surface area contributed by atoms with E-state index in [0.717, 1.165) is 19.4 Å². The van der Waals surface area contributed by atoms with E-state index in [2.05, 4.69) is 24.0 Å². The number of hydrogen-bond donors (Lipinski definition) is 1. The number of hydrogen-bond acceptors (Lipinski definition) is 2. The molecule has 19 heavy (non-hydrogen) atoms. The van der Waals surface area contributed by atoms with Crippen LogP contribution in [0, 0.1) is 5.92 Å². The smallest absolute Gasteiger partial charge is 0.317 e. The maximum atomic E-state index is 11.1. The van der Waals surface area contributed by atoms with Crippen molar-refractivity contribution in [3.63, 3.8) is 0 Å². The molecule has 1 atom stereocenters. The Bertz CT molecular complexity index is 400. The van der Waals surface area contributed by atoms with Crippen LogP contribution in [0.5, 0.6) is 0 Å². The van der Waals surface area contributed by atoms with E-state index in [1.807, 2.05) is 18.2 Å². The second-order valence-corrected chi connectivity index (χ2v) is 5.48. The van der Waals surface area contributed by atoms with Gasteiger partial charge in [-0.3, -0.25) is 9.69 Å². The molecule has 3 nitrogen and oxygen atoms in total. The fraction of sp³-hybridized carbons (Fsp3) is 0.562. The van der Waals surface area contributed by atoms with Gasteiger partial charge in [-0.1, -0.05) is 43.7 Å². The predicted octanol–water partition coefficient (Wildman–Crippen LogP) is 3.32. The molecule has 0 aromatic heterocycles. The minimum absolute atomic E-state index is 0.149. The van der Waals surface area contributed by atoms with E-state index in [-0.39, 0.29) is 12.6 Å². The lowest BCUT2D eigenvalue weighted by Gasteiger charge is -2.30. The molecule has 0 saturated heterocycles. The normalized spacial score (nSPS) is 16.5. The van der Waals surface area contributed by atoms with Crippen molar-refractivity contribution in [2.75, 3.05) is 13.1 Å². The summed E-state index contributed by atoms with van der Waals surface area (Å²) in [6.45, 7) is 3.23. The summed E-state index contributed by atoms with van der Waals surface area (Å²) in [5, 5.41) is 9.14. The van der Waals surface area contributed by atoms with Crippen LogP contribution in [0.15, 0.2) is 30.3 Å². The number of rotatable bonds is 8. The van der Waals surface area contributed by atoms with Crippen LogP contribution in [0.25, 0.3) is 0 Å². The Kier molecular flexibility index (Phi) is 4.97. The van der Waals surface area contributed by atoms with E-state index >= 15 is 0 Å². The molecule has 1 aromatic carbocycles. The number of carboxylic acids is 1. The number of carboxylic acid groups (broad SMARTS) is 1. The van der Waals surface area contributed by atoms with Crippen LogP contribution in [0.2, 0.25) is 0 Å². The number of benzene rings is 1. The van der Waals surface area contributed by atoms with Crippen LogP contribution in [-0.4, -0.2) is 29.1 Å². The first-order chi connectivity index (χ1) is 9.20. The molecule has 1 N–H and O–H groups in total. The van der Waals surface area contributed by atoms with Crippen LogP contribution in [0.1, 0.15) is 44.2 Å². The molecule has 1 unspecified atom stereocenters. The third kappa shape index (κ3) is 4.35. The van der Waals surface area contributed by atoms with Gasteiger partial charge in [-0.05, 0) is 30.7 Å². The molecule has 1 aliphatic carbocycles. The quantitative estimate of drug-likeness (QED) is 0.780. The van der Waals surface area contributed by atoms with E-state index < -0.39 is 5.97 Å². The van der Waals surface area contributed by atoms with E-state index in [1.54, 1.807) is 0 Å². The third-order valence-corrected chi connectivity index (χ3v) is 3.72. The molecule has 1 fully saturated rings. The molecule has 3 heteroatoms. The summed E-state index contributed by atoms with van der Waals surface area (Å²) in [5.41, 5.74) is 1.24. The highest BCUT2D eigenvalue weighted by Crippen LogP contribution is 2.34. The number of nitrogens with zero attached hydrogens (tertiary/aromatic N) is 1. The molecule has 0 spiro atoms. The van der Waals surface area contributed by atoms with Gasteiger partial charge >= 0.3 is 5.97 Å². The maximum Gasteiger partial charge on any atom is 0.317 e. The average molecular weight is 261 g/mol. The molecule has 1 aromatic rings. The summed E-state index contributed by atoms with van der Waals surface area (Å²) in [5.74, 6) is -0.0138. The lowest BCUT2D eigenvalue weighted by atomic mass is 10.00. The van der Waals surface area contributed by atoms with E-state index in [9.17, 15) is 4.79 Å². The van der Waals surface area contributed by atoms with Crippen molar-refractivity contribution >= 4 is 5.97 Å². The van der Waals surface area contributed by atoms with Crippen LogP contribution in [0.3, 0.4) is 0 Å². The first-order valence-electron chi connectivity index (χ1n) is 7.21. The van der Waals surface area contributed by atoms with Crippen LogP contribution in [0.4, 0.5) is 0 Å². The average Bonchev–Trinajstić information content (AvgIpc) is 3.20. The van der Waals surface area contributed by atoms with Crippen LogP contribution < -0.4 is 0 Å². The van der Waals surface area contributed by atoms with Gasteiger partial charge in [0.25, 0.3) is 0 Å². The molecule has 2 rings (SSSR count). The molecular formula is C16H23NO2. The van der Waals surface area contributed by atoms with Crippen LogP contribution in [-0.2, 0) is 4.79 Å². The molecule has 104 valence electrons. The highest BCUT2D eigenvalue weighted by Gasteiger charge is 2.29. The summed E-state index contributed by atoms with van der Waals surface area (Å²) in [6, 6.07) is 10.5. The zero-order chi connectivity index (χ0) is 13.7. The Morgan fingerprint density at radius 3 is 2.58 bits per heavy atom. The predicted molar refractivity (Wildman–Crippen MR) is 76.0 cm³/mol. The number of carbonyl (C=O) groups is 1. The van der Waals surface area contributed by atoms with Gasteiger partial charge in [-0.2, -0.15) is 0 Å². The van der Waals surface area contributed by atoms with Crippen LogP contribution >= 0.6 is 0 Å². The first kappa shape index (κ1) is 14.1. The van der Waals surface area contributed by atoms with E-state index in [4.69, 9.17) is 5.11 Å². The molecule has 0 heterocycles. The van der Waals surface area contributed by atoms with Gasteiger partial charge in [0, 0.05) is 12.6 Å². The minimum Gasteiger partial charge on any atom is -0.480 e. The van der Waals surface area contributed by atoms with Crippen molar-refractivity contribution in [1.29, 1.82) is 0 Å². The van der Waals surface area contributed by atoms with Crippen molar-refractivity contribution in [2.24, 2.45) is 5.92 Å². The van der Waals surface area contributed by atoms with Gasteiger partial charge in [0.1, 0.15) is 0 Å². The van der Waals surface area contributed by atoms with Crippen molar-refractivity contribution in [2.45, 2.75) is 38.6 Å². The van der Waals surface area contributed by atoms with Gasteiger partial charge in [0.2, 0.25) is 0 Å². The molecule has 1 saturated carbocycles. The Morgan fingerprint density at radius 2 is 2.05 bits per heavy atom. The lowest BCUT2D eigenvalue weighted by Crippen LogP contribution is -2.35.